The van der Waals surface area contributed by atoms with E-state index in [-0.39, 0.29) is 12.4 Å². The molecule has 0 aliphatic carbocycles. The molecule has 1 heterocycles. The number of thioether (sulfide) groups is 1. The van der Waals surface area contributed by atoms with Crippen molar-refractivity contribution in [2.24, 2.45) is 0 Å². The maximum Gasteiger partial charge on any atom is 0.214 e. The molecule has 0 radical (unpaired) electrons. The van der Waals surface area contributed by atoms with Crippen LogP contribution in [0.5, 0.6) is 5.75 Å². The van der Waals surface area contributed by atoms with Gasteiger partial charge in [-0.05, 0) is 71.4 Å². The van der Waals surface area contributed by atoms with Gasteiger partial charge in [0.05, 0.1) is 5.69 Å². The zero-order valence-electron chi connectivity index (χ0n) is 18.2. The fourth-order valence-corrected chi connectivity index (χ4v) is 4.30. The summed E-state index contributed by atoms with van der Waals surface area (Å²) in [4.78, 5) is 0. The summed E-state index contributed by atoms with van der Waals surface area (Å²) < 4.78 is 7.79. The summed E-state index contributed by atoms with van der Waals surface area (Å²) in [5, 5.41) is 17.7. The lowest BCUT2D eigenvalue weighted by atomic mass is 10.2. The first kappa shape index (κ1) is 26.3. The van der Waals surface area contributed by atoms with Crippen LogP contribution in [-0.4, -0.2) is 32.5 Å². The molecule has 0 aliphatic rings. The Hall–Kier alpha value is -2.29. The van der Waals surface area contributed by atoms with Gasteiger partial charge in [0, 0.05) is 27.9 Å². The van der Waals surface area contributed by atoms with Crippen LogP contribution in [0.25, 0.3) is 5.69 Å². The zero-order chi connectivity index (χ0) is 22.9. The number of benzene rings is 3. The maximum atomic E-state index is 6.21. The second-order valence-corrected chi connectivity index (χ2v) is 9.19. The molecule has 0 unspecified atom stereocenters. The molecule has 0 saturated heterocycles. The monoisotopic (exact) mass is 535 g/mol. The molecule has 6 nitrogen and oxygen atoms in total. The molecule has 0 saturated carbocycles. The molecular weight excluding hydrogens is 513 g/mol. The predicted octanol–water partition coefficient (Wildman–Crippen LogP) is 6.24. The van der Waals surface area contributed by atoms with E-state index in [4.69, 9.17) is 27.9 Å². The molecule has 0 spiro atoms. The van der Waals surface area contributed by atoms with Crippen molar-refractivity contribution >= 4 is 47.4 Å². The minimum absolute atomic E-state index is 0. The molecule has 1 N–H and O–H groups in total. The van der Waals surface area contributed by atoms with Crippen molar-refractivity contribution in [3.63, 3.8) is 0 Å². The number of hydrogen-bond donors (Lipinski definition) is 1. The van der Waals surface area contributed by atoms with Crippen LogP contribution in [0.1, 0.15) is 17.5 Å². The van der Waals surface area contributed by atoms with Gasteiger partial charge < -0.3 is 10.1 Å². The van der Waals surface area contributed by atoms with Crippen LogP contribution in [0.4, 0.5) is 0 Å². The Morgan fingerprint density at radius 2 is 1.71 bits per heavy atom. The molecule has 4 rings (SSSR count). The first-order valence-corrected chi connectivity index (χ1v) is 12.3. The lowest BCUT2D eigenvalue weighted by Gasteiger charge is -2.13. The highest BCUT2D eigenvalue weighted by Crippen LogP contribution is 2.24. The topological polar surface area (TPSA) is 64.9 Å². The van der Waals surface area contributed by atoms with E-state index in [2.05, 4.69) is 20.8 Å². The Balaban J connectivity index is 0.00000324. The van der Waals surface area contributed by atoms with Crippen molar-refractivity contribution in [3.05, 3.63) is 94.0 Å². The number of nitrogens with one attached hydrogen (secondary N) is 1. The van der Waals surface area contributed by atoms with Crippen molar-refractivity contribution in [2.45, 2.75) is 24.7 Å². The summed E-state index contributed by atoms with van der Waals surface area (Å²) in [5.74, 6) is 1.72. The number of hydrogen-bond acceptors (Lipinski definition) is 6. The Kier molecular flexibility index (Phi) is 10.5. The highest BCUT2D eigenvalue weighted by atomic mass is 35.5. The molecule has 10 heteroatoms. The summed E-state index contributed by atoms with van der Waals surface area (Å²) >= 11 is 13.8. The molecule has 178 valence electrons. The van der Waals surface area contributed by atoms with E-state index in [1.54, 1.807) is 16.4 Å². The van der Waals surface area contributed by atoms with Gasteiger partial charge in [-0.2, -0.15) is 4.68 Å². The average molecular weight is 537 g/mol. The summed E-state index contributed by atoms with van der Waals surface area (Å²) in [5.41, 5.74) is 3.04. The van der Waals surface area contributed by atoms with E-state index in [9.17, 15) is 0 Å². The Bertz CT molecular complexity index is 1160. The maximum absolute atomic E-state index is 6.21. The fourth-order valence-electron chi connectivity index (χ4n) is 3.15. The van der Waals surface area contributed by atoms with Crippen molar-refractivity contribution in [2.75, 3.05) is 12.3 Å². The standard InChI is InChI=1S/C24H23Cl2N5OS.ClH/c25-20-9-7-18(8-10-20)17-32-23-12-11-21(26)15-19(23)16-27-13-4-14-33-24-28-29-30-31(24)22-5-2-1-3-6-22;/h1-3,5-12,15,27H,4,13-14,16-17H2;1H. The highest BCUT2D eigenvalue weighted by Gasteiger charge is 2.09. The fraction of sp³-hybridized carbons (Fsp3) is 0.208. The van der Waals surface area contributed by atoms with Gasteiger partial charge in [0.2, 0.25) is 5.16 Å². The molecule has 1 aromatic heterocycles. The van der Waals surface area contributed by atoms with Crippen LogP contribution >= 0.6 is 47.4 Å². The third kappa shape index (κ3) is 7.61. The Morgan fingerprint density at radius 1 is 0.941 bits per heavy atom. The highest BCUT2D eigenvalue weighted by molar-refractivity contribution is 7.99. The van der Waals surface area contributed by atoms with E-state index < -0.39 is 0 Å². The van der Waals surface area contributed by atoms with E-state index in [1.807, 2.05) is 72.8 Å². The van der Waals surface area contributed by atoms with Crippen molar-refractivity contribution in [1.29, 1.82) is 0 Å². The summed E-state index contributed by atoms with van der Waals surface area (Å²) in [6.45, 7) is 1.99. The minimum Gasteiger partial charge on any atom is -0.489 e. The molecule has 0 fully saturated rings. The first-order chi connectivity index (χ1) is 16.2. The molecular formula is C24H24Cl3N5OS. The summed E-state index contributed by atoms with van der Waals surface area (Å²) in [7, 11) is 0. The third-order valence-corrected chi connectivity index (χ3v) is 6.31. The number of para-hydroxylation sites is 1. The van der Waals surface area contributed by atoms with E-state index in [0.717, 1.165) is 46.4 Å². The smallest absolute Gasteiger partial charge is 0.214 e. The van der Waals surface area contributed by atoms with Gasteiger partial charge in [0.15, 0.2) is 0 Å². The Morgan fingerprint density at radius 3 is 2.50 bits per heavy atom. The summed E-state index contributed by atoms with van der Waals surface area (Å²) in [6, 6.07) is 23.2. The predicted molar refractivity (Wildman–Crippen MR) is 141 cm³/mol. The van der Waals surface area contributed by atoms with Crippen molar-refractivity contribution in [1.82, 2.24) is 25.5 Å². The Labute approximate surface area is 219 Å². The van der Waals surface area contributed by atoms with Gasteiger partial charge in [-0.3, -0.25) is 0 Å². The number of rotatable bonds is 11. The first-order valence-electron chi connectivity index (χ1n) is 10.5. The number of nitrogens with zero attached hydrogens (tertiary/aromatic N) is 4. The van der Waals surface area contributed by atoms with E-state index in [0.29, 0.717) is 23.2 Å². The van der Waals surface area contributed by atoms with Crippen LogP contribution in [0.2, 0.25) is 10.0 Å². The number of ether oxygens (including phenoxy) is 1. The second-order valence-electron chi connectivity index (χ2n) is 7.25. The van der Waals surface area contributed by atoms with Crippen LogP contribution in [-0.2, 0) is 13.2 Å². The van der Waals surface area contributed by atoms with Crippen LogP contribution in [0, 0.1) is 0 Å². The number of aromatic nitrogens is 4. The van der Waals surface area contributed by atoms with Gasteiger partial charge in [0.25, 0.3) is 0 Å². The molecule has 0 bridgehead atoms. The normalized spacial score (nSPS) is 10.6. The van der Waals surface area contributed by atoms with Crippen molar-refractivity contribution in [3.8, 4) is 11.4 Å². The lowest BCUT2D eigenvalue weighted by molar-refractivity contribution is 0.302. The van der Waals surface area contributed by atoms with Gasteiger partial charge in [-0.15, -0.1) is 17.5 Å². The molecule has 3 aromatic carbocycles. The van der Waals surface area contributed by atoms with Gasteiger partial charge in [0.1, 0.15) is 12.4 Å². The lowest BCUT2D eigenvalue weighted by Crippen LogP contribution is -2.16. The number of halogens is 3. The molecule has 0 aliphatic heterocycles. The largest absolute Gasteiger partial charge is 0.489 e. The van der Waals surface area contributed by atoms with Gasteiger partial charge >= 0.3 is 0 Å². The number of tetrazole rings is 1. The third-order valence-electron chi connectivity index (χ3n) is 4.82. The van der Waals surface area contributed by atoms with Gasteiger partial charge in [-0.1, -0.05) is 65.3 Å². The second kappa shape index (κ2) is 13.6. The zero-order valence-corrected chi connectivity index (χ0v) is 21.4. The quantitative estimate of drug-likeness (QED) is 0.181. The van der Waals surface area contributed by atoms with Gasteiger partial charge in [-0.25, -0.2) is 0 Å². The molecule has 0 amide bonds. The minimum atomic E-state index is 0. The van der Waals surface area contributed by atoms with Crippen LogP contribution in [0.3, 0.4) is 0 Å². The molecule has 0 atom stereocenters. The van der Waals surface area contributed by atoms with E-state index >= 15 is 0 Å². The van der Waals surface area contributed by atoms with Crippen LogP contribution < -0.4 is 10.1 Å². The summed E-state index contributed by atoms with van der Waals surface area (Å²) in [6.07, 6.45) is 0.966. The van der Waals surface area contributed by atoms with E-state index in [1.165, 1.54) is 0 Å². The van der Waals surface area contributed by atoms with Crippen LogP contribution in [0.15, 0.2) is 78.0 Å². The SMILES string of the molecule is Cl.Clc1ccc(COc2ccc(Cl)cc2CNCCCSc2nnnn2-c2ccccc2)cc1. The van der Waals surface area contributed by atoms with Crippen molar-refractivity contribution < 1.29 is 4.74 Å². The molecule has 4 aromatic rings. The molecule has 34 heavy (non-hydrogen) atoms. The average Bonchev–Trinajstić information content (AvgIpc) is 3.31.